The number of aliphatic hydroxyl groups is 1. The Morgan fingerprint density at radius 1 is 1.36 bits per heavy atom. The van der Waals surface area contributed by atoms with Crippen molar-refractivity contribution in [2.45, 2.75) is 32.7 Å². The second kappa shape index (κ2) is 3.11. The lowest BCUT2D eigenvalue weighted by Gasteiger charge is -2.47. The number of hydrogen-bond acceptors (Lipinski definition) is 2. The van der Waals surface area contributed by atoms with Gasteiger partial charge in [-0.3, -0.25) is 4.90 Å². The lowest BCUT2D eigenvalue weighted by Crippen LogP contribution is -2.55. The van der Waals surface area contributed by atoms with Gasteiger partial charge in [0.2, 0.25) is 0 Å². The monoisotopic (exact) mass is 157 g/mol. The molecule has 66 valence electrons. The SMILES string of the molecule is CC(C)(C)N1CC(CCO)C1. The Kier molecular flexibility index (Phi) is 2.55. The molecule has 0 aromatic heterocycles. The summed E-state index contributed by atoms with van der Waals surface area (Å²) in [5.41, 5.74) is 0.325. The number of aliphatic hydroxyl groups excluding tert-OH is 1. The maximum Gasteiger partial charge on any atom is 0.0434 e. The van der Waals surface area contributed by atoms with E-state index in [1.54, 1.807) is 0 Å². The number of likely N-dealkylation sites (tertiary alicyclic amines) is 1. The first kappa shape index (κ1) is 9.01. The van der Waals surface area contributed by atoms with Crippen LogP contribution in [-0.2, 0) is 0 Å². The van der Waals surface area contributed by atoms with E-state index in [1.165, 1.54) is 13.1 Å². The van der Waals surface area contributed by atoms with E-state index in [9.17, 15) is 0 Å². The summed E-state index contributed by atoms with van der Waals surface area (Å²) in [6.45, 7) is 9.41. The molecule has 1 aliphatic rings. The molecular formula is C9H19NO. The van der Waals surface area contributed by atoms with Gasteiger partial charge in [0, 0.05) is 25.2 Å². The molecule has 0 saturated carbocycles. The van der Waals surface area contributed by atoms with Crippen LogP contribution in [0.25, 0.3) is 0 Å². The van der Waals surface area contributed by atoms with Crippen molar-refractivity contribution in [1.82, 2.24) is 4.90 Å². The van der Waals surface area contributed by atoms with Gasteiger partial charge in [-0.1, -0.05) is 0 Å². The average molecular weight is 157 g/mol. The Hall–Kier alpha value is -0.0800. The van der Waals surface area contributed by atoms with E-state index in [-0.39, 0.29) is 0 Å². The molecule has 1 saturated heterocycles. The van der Waals surface area contributed by atoms with Gasteiger partial charge in [-0.25, -0.2) is 0 Å². The molecule has 0 unspecified atom stereocenters. The zero-order valence-electron chi connectivity index (χ0n) is 7.80. The van der Waals surface area contributed by atoms with Gasteiger partial charge in [0.25, 0.3) is 0 Å². The number of hydrogen-bond donors (Lipinski definition) is 1. The van der Waals surface area contributed by atoms with Crippen molar-refractivity contribution in [3.63, 3.8) is 0 Å². The Bertz CT molecular complexity index is 122. The van der Waals surface area contributed by atoms with Crippen molar-refractivity contribution in [3.8, 4) is 0 Å². The normalized spacial score (nSPS) is 21.8. The van der Waals surface area contributed by atoms with Crippen molar-refractivity contribution >= 4 is 0 Å². The second-order valence-corrected chi connectivity index (χ2v) is 4.45. The molecule has 2 nitrogen and oxygen atoms in total. The summed E-state index contributed by atoms with van der Waals surface area (Å²) < 4.78 is 0. The third-order valence-corrected chi connectivity index (χ3v) is 2.44. The molecule has 1 aliphatic heterocycles. The minimum absolute atomic E-state index is 0.325. The minimum Gasteiger partial charge on any atom is -0.396 e. The zero-order chi connectivity index (χ0) is 8.48. The van der Waals surface area contributed by atoms with Crippen LogP contribution < -0.4 is 0 Å². The Labute approximate surface area is 69.2 Å². The molecule has 0 spiro atoms. The van der Waals surface area contributed by atoms with Gasteiger partial charge in [0.15, 0.2) is 0 Å². The highest BCUT2D eigenvalue weighted by Crippen LogP contribution is 2.26. The van der Waals surface area contributed by atoms with Crippen LogP contribution >= 0.6 is 0 Å². The molecule has 1 rings (SSSR count). The average Bonchev–Trinajstić information content (AvgIpc) is 1.74. The van der Waals surface area contributed by atoms with Gasteiger partial charge in [0.1, 0.15) is 0 Å². The van der Waals surface area contributed by atoms with Crippen LogP contribution in [0, 0.1) is 5.92 Å². The minimum atomic E-state index is 0.325. The molecule has 1 N–H and O–H groups in total. The van der Waals surface area contributed by atoms with Crippen LogP contribution in [0.5, 0.6) is 0 Å². The third-order valence-electron chi connectivity index (χ3n) is 2.44. The molecule has 2 heteroatoms. The van der Waals surface area contributed by atoms with Crippen molar-refractivity contribution in [3.05, 3.63) is 0 Å². The van der Waals surface area contributed by atoms with Crippen molar-refractivity contribution in [2.75, 3.05) is 19.7 Å². The Balaban J connectivity index is 2.19. The van der Waals surface area contributed by atoms with E-state index < -0.39 is 0 Å². The molecule has 0 amide bonds. The van der Waals surface area contributed by atoms with E-state index >= 15 is 0 Å². The molecule has 0 bridgehead atoms. The van der Waals surface area contributed by atoms with E-state index in [1.807, 2.05) is 0 Å². The smallest absolute Gasteiger partial charge is 0.0434 e. The summed E-state index contributed by atoms with van der Waals surface area (Å²) in [5.74, 6) is 0.749. The Morgan fingerprint density at radius 3 is 2.27 bits per heavy atom. The fraction of sp³-hybridized carbons (Fsp3) is 1.00. The molecular weight excluding hydrogens is 138 g/mol. The van der Waals surface area contributed by atoms with E-state index in [0.717, 1.165) is 12.3 Å². The summed E-state index contributed by atoms with van der Waals surface area (Å²) in [5, 5.41) is 8.67. The molecule has 0 aliphatic carbocycles. The van der Waals surface area contributed by atoms with Crippen LogP contribution in [0.3, 0.4) is 0 Å². The number of rotatable bonds is 2. The van der Waals surface area contributed by atoms with Crippen LogP contribution in [-0.4, -0.2) is 35.2 Å². The van der Waals surface area contributed by atoms with Gasteiger partial charge in [-0.05, 0) is 33.1 Å². The first-order valence-electron chi connectivity index (χ1n) is 4.40. The lowest BCUT2D eigenvalue weighted by atomic mass is 9.90. The van der Waals surface area contributed by atoms with E-state index in [4.69, 9.17) is 5.11 Å². The fourth-order valence-corrected chi connectivity index (χ4v) is 1.48. The van der Waals surface area contributed by atoms with Crippen molar-refractivity contribution in [2.24, 2.45) is 5.92 Å². The highest BCUT2D eigenvalue weighted by atomic mass is 16.3. The van der Waals surface area contributed by atoms with Crippen LogP contribution in [0.15, 0.2) is 0 Å². The largest absolute Gasteiger partial charge is 0.396 e. The highest BCUT2D eigenvalue weighted by molar-refractivity contribution is 4.88. The quantitative estimate of drug-likeness (QED) is 0.649. The zero-order valence-corrected chi connectivity index (χ0v) is 7.80. The van der Waals surface area contributed by atoms with Crippen molar-refractivity contribution in [1.29, 1.82) is 0 Å². The van der Waals surface area contributed by atoms with Crippen LogP contribution in [0.2, 0.25) is 0 Å². The predicted octanol–water partition coefficient (Wildman–Crippen LogP) is 1.10. The maximum absolute atomic E-state index is 8.67. The summed E-state index contributed by atoms with van der Waals surface area (Å²) >= 11 is 0. The van der Waals surface area contributed by atoms with Gasteiger partial charge in [-0.15, -0.1) is 0 Å². The van der Waals surface area contributed by atoms with Crippen LogP contribution in [0.1, 0.15) is 27.2 Å². The fourth-order valence-electron chi connectivity index (χ4n) is 1.48. The van der Waals surface area contributed by atoms with E-state index in [0.29, 0.717) is 12.1 Å². The van der Waals surface area contributed by atoms with Gasteiger partial charge >= 0.3 is 0 Å². The van der Waals surface area contributed by atoms with Crippen molar-refractivity contribution < 1.29 is 5.11 Å². The van der Waals surface area contributed by atoms with Crippen LogP contribution in [0.4, 0.5) is 0 Å². The molecule has 11 heavy (non-hydrogen) atoms. The Morgan fingerprint density at radius 2 is 1.91 bits per heavy atom. The molecule has 0 aromatic carbocycles. The van der Waals surface area contributed by atoms with Gasteiger partial charge < -0.3 is 5.11 Å². The first-order valence-corrected chi connectivity index (χ1v) is 4.40. The molecule has 1 fully saturated rings. The molecule has 0 aromatic rings. The summed E-state index contributed by atoms with van der Waals surface area (Å²) in [6, 6.07) is 0. The number of nitrogens with zero attached hydrogens (tertiary/aromatic N) is 1. The summed E-state index contributed by atoms with van der Waals surface area (Å²) in [6.07, 6.45) is 0.979. The second-order valence-electron chi connectivity index (χ2n) is 4.45. The molecule has 0 radical (unpaired) electrons. The lowest BCUT2D eigenvalue weighted by molar-refractivity contribution is 0.00394. The van der Waals surface area contributed by atoms with Gasteiger partial charge in [0.05, 0.1) is 0 Å². The predicted molar refractivity (Wildman–Crippen MR) is 46.5 cm³/mol. The maximum atomic E-state index is 8.67. The molecule has 1 heterocycles. The summed E-state index contributed by atoms with van der Waals surface area (Å²) in [7, 11) is 0. The summed E-state index contributed by atoms with van der Waals surface area (Å²) in [4.78, 5) is 2.45. The molecule has 0 atom stereocenters. The third kappa shape index (κ3) is 2.17. The van der Waals surface area contributed by atoms with E-state index in [2.05, 4.69) is 25.7 Å². The first-order chi connectivity index (χ1) is 5.04. The van der Waals surface area contributed by atoms with Gasteiger partial charge in [-0.2, -0.15) is 0 Å². The highest BCUT2D eigenvalue weighted by Gasteiger charge is 2.33. The topological polar surface area (TPSA) is 23.5 Å². The standard InChI is InChI=1S/C9H19NO/c1-9(2,3)10-6-8(7-10)4-5-11/h8,11H,4-7H2,1-3H3.